The lowest BCUT2D eigenvalue weighted by Gasteiger charge is -2.30. The summed E-state index contributed by atoms with van der Waals surface area (Å²) < 4.78 is 8.29. The van der Waals surface area contributed by atoms with Gasteiger partial charge in [-0.2, -0.15) is 10.4 Å². The van der Waals surface area contributed by atoms with Gasteiger partial charge in [0.1, 0.15) is 23.8 Å². The van der Waals surface area contributed by atoms with Crippen molar-refractivity contribution in [2.75, 3.05) is 7.11 Å². The number of hydrogen-bond donors (Lipinski definition) is 0. The van der Waals surface area contributed by atoms with Crippen LogP contribution in [0.15, 0.2) is 93.6 Å². The Bertz CT molecular complexity index is 1290. The molecule has 1 unspecified atom stereocenters. The highest BCUT2D eigenvalue weighted by Crippen LogP contribution is 2.41. The van der Waals surface area contributed by atoms with Crippen LogP contribution in [0.2, 0.25) is 0 Å². The first-order valence-corrected chi connectivity index (χ1v) is 12.6. The molecule has 3 aromatic carbocycles. The minimum absolute atomic E-state index is 0. The Kier molecular flexibility index (Phi) is 9.39. The van der Waals surface area contributed by atoms with E-state index in [0.717, 1.165) is 43.1 Å². The van der Waals surface area contributed by atoms with Gasteiger partial charge in [0.05, 0.1) is 18.1 Å². The normalized spacial score (nSPS) is 12.3. The molecule has 0 aliphatic carbocycles. The van der Waals surface area contributed by atoms with Gasteiger partial charge in [-0.05, 0) is 65.9 Å². The molecule has 0 amide bonds. The van der Waals surface area contributed by atoms with Crippen LogP contribution in [0, 0.1) is 11.3 Å². The zero-order valence-corrected chi connectivity index (χ0v) is 22.7. The van der Waals surface area contributed by atoms with Crippen molar-refractivity contribution in [3.05, 3.63) is 101 Å². The fraction of sp³-hybridized carbons (Fsp3) is 0.222. The van der Waals surface area contributed by atoms with Gasteiger partial charge in [-0.25, -0.2) is 4.98 Å². The smallest absolute Gasteiger partial charge is 0.137 e. The number of rotatable bonds is 9. The van der Waals surface area contributed by atoms with Crippen LogP contribution >= 0.6 is 40.1 Å². The molecule has 0 aliphatic rings. The number of halogens is 2. The lowest BCUT2D eigenvalue weighted by Crippen LogP contribution is -2.29. The molecular formula is C27H26BrClN4OS. The van der Waals surface area contributed by atoms with Gasteiger partial charge in [-0.1, -0.05) is 64.9 Å². The number of methoxy groups -OCH3 is 1. The number of hydrogen-bond acceptors (Lipinski definition) is 5. The van der Waals surface area contributed by atoms with E-state index < -0.39 is 5.41 Å². The van der Waals surface area contributed by atoms with Crippen molar-refractivity contribution in [2.24, 2.45) is 0 Å². The quantitative estimate of drug-likeness (QED) is 0.215. The number of nitrogens with zero attached hydrogens (tertiary/aromatic N) is 4. The Morgan fingerprint density at radius 2 is 1.89 bits per heavy atom. The minimum atomic E-state index is -0.814. The average molecular weight is 570 g/mol. The average Bonchev–Trinajstić information content (AvgIpc) is 3.40. The molecule has 0 spiro atoms. The topological polar surface area (TPSA) is 63.7 Å². The molecule has 8 heteroatoms. The van der Waals surface area contributed by atoms with Crippen molar-refractivity contribution in [3.8, 4) is 11.8 Å². The van der Waals surface area contributed by atoms with Crippen LogP contribution < -0.4 is 4.74 Å². The van der Waals surface area contributed by atoms with E-state index >= 15 is 0 Å². The number of para-hydroxylation sites is 1. The third-order valence-corrected chi connectivity index (χ3v) is 7.50. The van der Waals surface area contributed by atoms with Gasteiger partial charge < -0.3 is 4.74 Å². The molecule has 0 radical (unpaired) electrons. The molecule has 35 heavy (non-hydrogen) atoms. The summed E-state index contributed by atoms with van der Waals surface area (Å²) in [6, 6.07) is 25.2. The maximum absolute atomic E-state index is 10.6. The molecule has 0 N–H and O–H groups in total. The maximum Gasteiger partial charge on any atom is 0.137 e. The second-order valence-electron chi connectivity index (χ2n) is 7.86. The van der Waals surface area contributed by atoms with E-state index in [1.165, 1.54) is 6.33 Å². The van der Waals surface area contributed by atoms with Crippen molar-refractivity contribution < 1.29 is 4.74 Å². The number of ether oxygens (including phenoxy) is 1. The van der Waals surface area contributed by atoms with Crippen LogP contribution in [0.5, 0.6) is 5.75 Å². The second kappa shape index (κ2) is 12.3. The zero-order chi connectivity index (χ0) is 24.0. The van der Waals surface area contributed by atoms with E-state index in [9.17, 15) is 5.26 Å². The van der Waals surface area contributed by atoms with Gasteiger partial charge in [-0.3, -0.25) is 4.68 Å². The van der Waals surface area contributed by atoms with Gasteiger partial charge in [-0.15, -0.1) is 12.4 Å². The second-order valence-corrected chi connectivity index (χ2v) is 9.89. The van der Waals surface area contributed by atoms with Crippen LogP contribution in [0.4, 0.5) is 0 Å². The molecule has 0 saturated carbocycles. The van der Waals surface area contributed by atoms with Crippen LogP contribution in [0.1, 0.15) is 30.0 Å². The number of aryl methyl sites for hydroxylation is 2. The summed E-state index contributed by atoms with van der Waals surface area (Å²) in [7, 11) is 1.69. The zero-order valence-electron chi connectivity index (χ0n) is 19.5. The maximum atomic E-state index is 10.6. The van der Waals surface area contributed by atoms with Crippen molar-refractivity contribution >= 4 is 40.1 Å². The Labute approximate surface area is 225 Å². The lowest BCUT2D eigenvalue weighted by molar-refractivity contribution is 0.405. The molecule has 1 atom stereocenters. The van der Waals surface area contributed by atoms with Crippen molar-refractivity contribution in [1.29, 1.82) is 5.26 Å². The van der Waals surface area contributed by atoms with Gasteiger partial charge in [0, 0.05) is 15.9 Å². The molecule has 4 rings (SSSR count). The predicted octanol–water partition coefficient (Wildman–Crippen LogP) is 7.08. The Morgan fingerprint density at radius 1 is 1.11 bits per heavy atom. The summed E-state index contributed by atoms with van der Waals surface area (Å²) >= 11 is 5.19. The highest BCUT2D eigenvalue weighted by atomic mass is 79.9. The first-order valence-electron chi connectivity index (χ1n) is 11.0. The third-order valence-electron chi connectivity index (χ3n) is 5.92. The number of benzene rings is 3. The first-order chi connectivity index (χ1) is 16.6. The minimum Gasteiger partial charge on any atom is -0.496 e. The number of nitriles is 1. The predicted molar refractivity (Wildman–Crippen MR) is 145 cm³/mol. The largest absolute Gasteiger partial charge is 0.496 e. The van der Waals surface area contributed by atoms with E-state index in [0.29, 0.717) is 13.0 Å². The summed E-state index contributed by atoms with van der Waals surface area (Å²) in [6.07, 6.45) is 4.62. The van der Waals surface area contributed by atoms with Crippen LogP contribution in [0.3, 0.4) is 0 Å². The lowest BCUT2D eigenvalue weighted by atomic mass is 9.71. The van der Waals surface area contributed by atoms with Gasteiger partial charge in [0.2, 0.25) is 0 Å². The molecule has 0 aliphatic heterocycles. The first kappa shape index (κ1) is 26.8. The SMILES string of the molecule is CCc1cc(Sc2ccccc2OC)ccc1C(C#N)(CCn1cncn1)c1ccc(Br)cc1.Cl. The summed E-state index contributed by atoms with van der Waals surface area (Å²) in [5.41, 5.74) is 2.34. The van der Waals surface area contributed by atoms with E-state index in [4.69, 9.17) is 4.74 Å². The summed E-state index contributed by atoms with van der Waals surface area (Å²) in [4.78, 5) is 6.23. The van der Waals surface area contributed by atoms with Crippen LogP contribution in [0.25, 0.3) is 0 Å². The van der Waals surface area contributed by atoms with Gasteiger partial charge >= 0.3 is 0 Å². The fourth-order valence-corrected chi connectivity index (χ4v) is 5.41. The van der Waals surface area contributed by atoms with E-state index in [1.54, 1.807) is 29.9 Å². The summed E-state index contributed by atoms with van der Waals surface area (Å²) in [5.74, 6) is 0.851. The van der Waals surface area contributed by atoms with Gasteiger partial charge in [0.15, 0.2) is 0 Å². The molecule has 4 aromatic rings. The molecule has 1 aromatic heterocycles. The van der Waals surface area contributed by atoms with Gasteiger partial charge in [0.25, 0.3) is 0 Å². The Balaban J connectivity index is 0.00000342. The molecule has 180 valence electrons. The van der Waals surface area contributed by atoms with Crippen molar-refractivity contribution in [2.45, 2.75) is 41.5 Å². The number of aromatic nitrogens is 3. The highest BCUT2D eigenvalue weighted by molar-refractivity contribution is 9.10. The van der Waals surface area contributed by atoms with Crippen molar-refractivity contribution in [1.82, 2.24) is 14.8 Å². The molecular weight excluding hydrogens is 544 g/mol. The third kappa shape index (κ3) is 5.90. The molecule has 0 bridgehead atoms. The fourth-order valence-electron chi connectivity index (χ4n) is 4.15. The summed E-state index contributed by atoms with van der Waals surface area (Å²) in [6.45, 7) is 2.72. The molecule has 0 saturated heterocycles. The molecule has 1 heterocycles. The highest BCUT2D eigenvalue weighted by Gasteiger charge is 2.36. The monoisotopic (exact) mass is 568 g/mol. The van der Waals surface area contributed by atoms with Crippen LogP contribution in [-0.2, 0) is 18.4 Å². The standard InChI is InChI=1S/C27H25BrN4OS.ClH/c1-3-20-16-23(34-26-7-5-4-6-25(26)33-2)12-13-24(20)27(17-29,14-15-32-19-30-18-31-32)21-8-10-22(28)11-9-21;/h4-13,16,18-19H,3,14-15H2,1-2H3;1H. The Morgan fingerprint density at radius 3 is 2.54 bits per heavy atom. The van der Waals surface area contributed by atoms with E-state index in [1.807, 2.05) is 42.5 Å². The molecule has 5 nitrogen and oxygen atoms in total. The summed E-state index contributed by atoms with van der Waals surface area (Å²) in [5, 5.41) is 14.9. The molecule has 0 fully saturated rings. The van der Waals surface area contributed by atoms with Crippen molar-refractivity contribution in [3.63, 3.8) is 0 Å². The van der Waals surface area contributed by atoms with E-state index in [2.05, 4.69) is 63.3 Å². The van der Waals surface area contributed by atoms with E-state index in [-0.39, 0.29) is 12.4 Å². The van der Waals surface area contributed by atoms with Crippen LogP contribution in [-0.4, -0.2) is 21.9 Å². The Hall–Kier alpha value is -2.79.